The van der Waals surface area contributed by atoms with Crippen molar-refractivity contribution in [3.63, 3.8) is 0 Å². The van der Waals surface area contributed by atoms with Crippen molar-refractivity contribution in [1.82, 2.24) is 5.32 Å². The van der Waals surface area contributed by atoms with Crippen molar-refractivity contribution in [1.29, 1.82) is 0 Å². The minimum absolute atomic E-state index is 0.257. The Hall–Kier alpha value is -2.06. The van der Waals surface area contributed by atoms with Gasteiger partial charge in [-0.2, -0.15) is 0 Å². The lowest BCUT2D eigenvalue weighted by molar-refractivity contribution is -0.137. The van der Waals surface area contributed by atoms with Gasteiger partial charge in [-0.1, -0.05) is 11.6 Å². The fourth-order valence-corrected chi connectivity index (χ4v) is 2.94. The number of thioether (sulfide) groups is 1. The molecule has 1 saturated heterocycles. The van der Waals surface area contributed by atoms with Crippen LogP contribution in [0.2, 0.25) is 5.02 Å². The van der Waals surface area contributed by atoms with E-state index in [9.17, 15) is 19.2 Å². The number of amides is 3. The smallest absolute Gasteiger partial charge is 0.322 e. The molecule has 0 saturated carbocycles. The molecular weight excluding hydrogens is 332 g/mol. The molecule has 1 unspecified atom stereocenters. The van der Waals surface area contributed by atoms with E-state index in [1.165, 1.54) is 12.1 Å². The zero-order valence-corrected chi connectivity index (χ0v) is 12.7. The van der Waals surface area contributed by atoms with Gasteiger partial charge >= 0.3 is 5.97 Å². The topological polar surface area (TPSA) is 104 Å². The molecule has 1 fully saturated rings. The van der Waals surface area contributed by atoms with Gasteiger partial charge in [0.25, 0.3) is 5.24 Å². The van der Waals surface area contributed by atoms with Crippen LogP contribution in [0, 0.1) is 0 Å². The summed E-state index contributed by atoms with van der Waals surface area (Å²) in [6, 6.07) is 6.17. The van der Waals surface area contributed by atoms with Gasteiger partial charge in [-0.3, -0.25) is 19.2 Å². The van der Waals surface area contributed by atoms with Gasteiger partial charge in [-0.05, 0) is 36.0 Å². The molecule has 2 rings (SSSR count). The highest BCUT2D eigenvalue weighted by Gasteiger charge is 2.41. The highest BCUT2D eigenvalue weighted by molar-refractivity contribution is 8.15. The first-order valence-electron chi connectivity index (χ1n) is 6.17. The van der Waals surface area contributed by atoms with E-state index in [-0.39, 0.29) is 6.42 Å². The van der Waals surface area contributed by atoms with Crippen molar-refractivity contribution in [3.05, 3.63) is 29.3 Å². The molecule has 1 aromatic carbocycles. The summed E-state index contributed by atoms with van der Waals surface area (Å²) in [7, 11) is 0. The van der Waals surface area contributed by atoms with Crippen LogP contribution < -0.4 is 10.2 Å². The lowest BCUT2D eigenvalue weighted by Crippen LogP contribution is -2.35. The third kappa shape index (κ3) is 3.77. The number of hydrogen-bond donors (Lipinski definition) is 2. The Kier molecular flexibility index (Phi) is 5.04. The van der Waals surface area contributed by atoms with Crippen LogP contribution >= 0.6 is 23.4 Å². The van der Waals surface area contributed by atoms with Crippen LogP contribution in [0.4, 0.5) is 10.5 Å². The van der Waals surface area contributed by atoms with Gasteiger partial charge in [0, 0.05) is 11.4 Å². The molecule has 0 bridgehead atoms. The summed E-state index contributed by atoms with van der Waals surface area (Å²) in [5, 5.41) is 9.75. The second-order valence-corrected chi connectivity index (χ2v) is 5.99. The van der Waals surface area contributed by atoms with Crippen molar-refractivity contribution < 1.29 is 24.3 Å². The fourth-order valence-electron chi connectivity index (χ4n) is 1.83. The maximum Gasteiger partial charge on any atom is 0.322 e. The lowest BCUT2D eigenvalue weighted by Gasteiger charge is -2.13. The number of nitrogens with one attached hydrogen (secondary N) is 1. The largest absolute Gasteiger partial charge is 0.480 e. The van der Waals surface area contributed by atoms with Gasteiger partial charge in [0.2, 0.25) is 11.8 Å². The second kappa shape index (κ2) is 6.80. The second-order valence-electron chi connectivity index (χ2n) is 4.40. The first kappa shape index (κ1) is 16.3. The van der Waals surface area contributed by atoms with Gasteiger partial charge in [-0.25, -0.2) is 4.90 Å². The number of carboxylic acids is 1. The summed E-state index contributed by atoms with van der Waals surface area (Å²) in [4.78, 5) is 47.1. The minimum atomic E-state index is -1.18. The van der Waals surface area contributed by atoms with Crippen LogP contribution in [-0.4, -0.2) is 39.9 Å². The molecule has 1 heterocycles. The Balaban J connectivity index is 2.04. The first-order valence-corrected chi connectivity index (χ1v) is 7.43. The van der Waals surface area contributed by atoms with Gasteiger partial charge < -0.3 is 10.4 Å². The van der Waals surface area contributed by atoms with Crippen LogP contribution in [0.1, 0.15) is 6.42 Å². The maximum absolute atomic E-state index is 12.2. The predicted octanol–water partition coefficient (Wildman–Crippen LogP) is 1.50. The average Bonchev–Trinajstić information content (AvgIpc) is 2.72. The van der Waals surface area contributed by atoms with Gasteiger partial charge in [-0.15, -0.1) is 0 Å². The maximum atomic E-state index is 12.2. The molecule has 22 heavy (non-hydrogen) atoms. The fraction of sp³-hybridized carbons (Fsp3) is 0.231. The molecule has 2 N–H and O–H groups in total. The molecule has 3 amide bonds. The third-order valence-corrected chi connectivity index (χ3v) is 4.10. The van der Waals surface area contributed by atoms with E-state index in [2.05, 4.69) is 5.32 Å². The molecular formula is C13H11ClN2O5S. The first-order chi connectivity index (χ1) is 10.4. The van der Waals surface area contributed by atoms with Crippen LogP contribution in [0.3, 0.4) is 0 Å². The molecule has 9 heteroatoms. The molecule has 0 aliphatic carbocycles. The number of imide groups is 1. The van der Waals surface area contributed by atoms with Crippen LogP contribution in [-0.2, 0) is 14.4 Å². The summed E-state index contributed by atoms with van der Waals surface area (Å²) >= 11 is 6.49. The van der Waals surface area contributed by atoms with Crippen molar-refractivity contribution >= 4 is 52.1 Å². The molecule has 0 aromatic heterocycles. The number of carboxylic acid groups (broad SMARTS) is 1. The molecule has 1 atom stereocenters. The van der Waals surface area contributed by atoms with E-state index < -0.39 is 34.8 Å². The SMILES string of the molecule is O=C(O)CNC(=O)CC1SC(=O)N(c2ccc(Cl)cc2)C1=O. The number of rotatable bonds is 5. The summed E-state index contributed by atoms with van der Waals surface area (Å²) in [6.45, 7) is -0.529. The number of benzene rings is 1. The van der Waals surface area contributed by atoms with Crippen LogP contribution in [0.15, 0.2) is 24.3 Å². The number of hydrogen-bond acceptors (Lipinski definition) is 5. The molecule has 7 nitrogen and oxygen atoms in total. The average molecular weight is 343 g/mol. The Morgan fingerprint density at radius 2 is 1.91 bits per heavy atom. The Bertz CT molecular complexity index is 634. The zero-order chi connectivity index (χ0) is 16.3. The summed E-state index contributed by atoms with van der Waals surface area (Å²) < 4.78 is 0. The number of carbonyl (C=O) groups excluding carboxylic acids is 3. The Morgan fingerprint density at radius 3 is 2.50 bits per heavy atom. The van der Waals surface area contributed by atoms with E-state index in [0.717, 1.165) is 16.7 Å². The number of carbonyl (C=O) groups is 4. The number of aliphatic carboxylic acids is 1. The Morgan fingerprint density at radius 1 is 1.27 bits per heavy atom. The van der Waals surface area contributed by atoms with Crippen LogP contribution in [0.5, 0.6) is 0 Å². The summed E-state index contributed by atoms with van der Waals surface area (Å²) in [6.07, 6.45) is -0.257. The Labute approximate surface area is 134 Å². The van der Waals surface area contributed by atoms with E-state index in [0.29, 0.717) is 10.7 Å². The normalized spacial score (nSPS) is 17.7. The van der Waals surface area contributed by atoms with E-state index >= 15 is 0 Å². The third-order valence-electron chi connectivity index (χ3n) is 2.81. The summed E-state index contributed by atoms with van der Waals surface area (Å²) in [5.74, 6) is -2.29. The monoisotopic (exact) mass is 342 g/mol. The lowest BCUT2D eigenvalue weighted by atomic mass is 10.2. The van der Waals surface area contributed by atoms with Gasteiger partial charge in [0.15, 0.2) is 0 Å². The van der Waals surface area contributed by atoms with E-state index in [4.69, 9.17) is 16.7 Å². The molecule has 1 aromatic rings. The minimum Gasteiger partial charge on any atom is -0.480 e. The number of halogens is 1. The molecule has 0 spiro atoms. The van der Waals surface area contributed by atoms with Crippen LogP contribution in [0.25, 0.3) is 0 Å². The number of anilines is 1. The highest BCUT2D eigenvalue weighted by atomic mass is 35.5. The highest BCUT2D eigenvalue weighted by Crippen LogP contribution is 2.33. The molecule has 0 radical (unpaired) electrons. The number of nitrogens with zero attached hydrogens (tertiary/aromatic N) is 1. The van der Waals surface area contributed by atoms with E-state index in [1.807, 2.05) is 0 Å². The van der Waals surface area contributed by atoms with Crippen molar-refractivity contribution in [2.45, 2.75) is 11.7 Å². The standard InChI is InChI=1S/C13H11ClN2O5S/c14-7-1-3-8(4-2-7)16-12(20)9(22-13(16)21)5-10(17)15-6-11(18)19/h1-4,9H,5-6H2,(H,15,17)(H,18,19). The van der Waals surface area contributed by atoms with Crippen molar-refractivity contribution in [2.75, 3.05) is 11.4 Å². The molecule has 116 valence electrons. The summed E-state index contributed by atoms with van der Waals surface area (Å²) in [5.41, 5.74) is 0.375. The van der Waals surface area contributed by atoms with Crippen molar-refractivity contribution in [2.24, 2.45) is 0 Å². The van der Waals surface area contributed by atoms with Gasteiger partial charge in [0.1, 0.15) is 11.8 Å². The van der Waals surface area contributed by atoms with Crippen molar-refractivity contribution in [3.8, 4) is 0 Å². The predicted molar refractivity (Wildman–Crippen MR) is 81.0 cm³/mol. The molecule has 1 aliphatic heterocycles. The molecule has 1 aliphatic rings. The van der Waals surface area contributed by atoms with E-state index in [1.54, 1.807) is 12.1 Å². The quantitative estimate of drug-likeness (QED) is 0.840. The zero-order valence-electron chi connectivity index (χ0n) is 11.1. The van der Waals surface area contributed by atoms with Gasteiger partial charge in [0.05, 0.1) is 5.69 Å².